The predicted molar refractivity (Wildman–Crippen MR) is 43.0 cm³/mol. The van der Waals surface area contributed by atoms with E-state index in [1.165, 1.54) is 6.07 Å². The van der Waals surface area contributed by atoms with E-state index in [1.807, 2.05) is 0 Å². The summed E-state index contributed by atoms with van der Waals surface area (Å²) in [5, 5.41) is 3.48. The Bertz CT molecular complexity index is 476. The number of aromatic nitrogens is 3. The average Bonchev–Trinajstić information content (AvgIpc) is 2.41. The molecule has 0 radical (unpaired) electrons. The number of alkyl halides is 3. The summed E-state index contributed by atoms with van der Waals surface area (Å²) in [6.07, 6.45) is -3.54. The van der Waals surface area contributed by atoms with Crippen LogP contribution in [0.15, 0.2) is 18.3 Å². The lowest BCUT2D eigenvalue weighted by Crippen LogP contribution is -2.06. The fourth-order valence-electron chi connectivity index (χ4n) is 1.02. The second-order valence-electron chi connectivity index (χ2n) is 2.60. The van der Waals surface area contributed by atoms with Crippen LogP contribution in [0.5, 0.6) is 0 Å². The maximum atomic E-state index is 12.2. The molecule has 0 aliphatic heterocycles. The van der Waals surface area contributed by atoms with Crippen molar-refractivity contribution in [1.82, 2.24) is 14.6 Å². The molecule has 0 amide bonds. The summed E-state index contributed by atoms with van der Waals surface area (Å²) < 4.78 is 37.7. The van der Waals surface area contributed by atoms with Gasteiger partial charge in [0.25, 0.3) is 0 Å². The molecule has 0 fully saturated rings. The summed E-state index contributed by atoms with van der Waals surface area (Å²) in [7, 11) is 0. The number of pyridine rings is 1. The van der Waals surface area contributed by atoms with Crippen molar-refractivity contribution in [3.63, 3.8) is 0 Å². The van der Waals surface area contributed by atoms with Gasteiger partial charge < -0.3 is 0 Å². The van der Waals surface area contributed by atoms with Crippen molar-refractivity contribution in [3.05, 3.63) is 29.2 Å². The highest BCUT2D eigenvalue weighted by atomic mass is 35.5. The van der Waals surface area contributed by atoms with Crippen LogP contribution < -0.4 is 0 Å². The molecule has 7 heteroatoms. The van der Waals surface area contributed by atoms with Gasteiger partial charge in [0.1, 0.15) is 0 Å². The minimum absolute atomic E-state index is 0.0793. The van der Waals surface area contributed by atoms with Crippen LogP contribution in [0.2, 0.25) is 5.28 Å². The molecule has 2 aromatic heterocycles. The third-order valence-electron chi connectivity index (χ3n) is 1.63. The molecular weight excluding hydrogens is 219 g/mol. The van der Waals surface area contributed by atoms with Crippen molar-refractivity contribution in [2.75, 3.05) is 0 Å². The van der Waals surface area contributed by atoms with E-state index in [0.717, 1.165) is 16.8 Å². The van der Waals surface area contributed by atoms with E-state index in [2.05, 4.69) is 10.1 Å². The van der Waals surface area contributed by atoms with Gasteiger partial charge in [0.15, 0.2) is 5.65 Å². The summed E-state index contributed by atoms with van der Waals surface area (Å²) in [6, 6.07) is 2.14. The molecule has 0 saturated heterocycles. The molecule has 0 spiro atoms. The van der Waals surface area contributed by atoms with Gasteiger partial charge in [0.2, 0.25) is 5.28 Å². The lowest BCUT2D eigenvalue weighted by molar-refractivity contribution is -0.137. The normalized spacial score (nSPS) is 12.3. The third-order valence-corrected chi connectivity index (χ3v) is 1.79. The molecule has 0 bridgehead atoms. The summed E-state index contributed by atoms with van der Waals surface area (Å²) in [6.45, 7) is 0. The van der Waals surface area contributed by atoms with Crippen molar-refractivity contribution in [2.45, 2.75) is 6.18 Å². The highest BCUT2D eigenvalue weighted by Crippen LogP contribution is 2.28. The first-order chi connectivity index (χ1) is 6.47. The van der Waals surface area contributed by atoms with Crippen LogP contribution in [-0.2, 0) is 6.18 Å². The molecule has 14 heavy (non-hydrogen) atoms. The van der Waals surface area contributed by atoms with Gasteiger partial charge in [-0.05, 0) is 23.7 Å². The van der Waals surface area contributed by atoms with Crippen molar-refractivity contribution >= 4 is 17.2 Å². The Hall–Kier alpha value is -1.30. The maximum Gasteiger partial charge on any atom is 0.417 e. The summed E-state index contributed by atoms with van der Waals surface area (Å²) in [4.78, 5) is 3.69. The van der Waals surface area contributed by atoms with E-state index in [-0.39, 0.29) is 10.9 Å². The van der Waals surface area contributed by atoms with E-state index in [1.54, 1.807) is 0 Å². The minimum Gasteiger partial charge on any atom is -0.219 e. The predicted octanol–water partition coefficient (Wildman–Crippen LogP) is 2.40. The molecule has 2 aromatic rings. The quantitative estimate of drug-likeness (QED) is 0.684. The van der Waals surface area contributed by atoms with E-state index >= 15 is 0 Å². The number of hydrogen-bond donors (Lipinski definition) is 0. The number of rotatable bonds is 0. The van der Waals surface area contributed by atoms with Crippen molar-refractivity contribution in [1.29, 1.82) is 0 Å². The van der Waals surface area contributed by atoms with Crippen LogP contribution in [0.1, 0.15) is 5.56 Å². The molecule has 0 aromatic carbocycles. The standard InChI is InChI=1S/C7H3ClF3N3/c8-6-12-5-2-1-4(7(9,10)11)3-14(5)13-6/h1-3H. The lowest BCUT2D eigenvalue weighted by Gasteiger charge is -2.05. The van der Waals surface area contributed by atoms with Gasteiger partial charge >= 0.3 is 6.18 Å². The average molecular weight is 222 g/mol. The van der Waals surface area contributed by atoms with Crippen LogP contribution >= 0.6 is 11.6 Å². The first-order valence-corrected chi connectivity index (χ1v) is 3.94. The van der Waals surface area contributed by atoms with Crippen molar-refractivity contribution in [2.24, 2.45) is 0 Å². The highest BCUT2D eigenvalue weighted by molar-refractivity contribution is 6.28. The molecule has 0 saturated carbocycles. The topological polar surface area (TPSA) is 30.2 Å². The Labute approximate surface area is 81.1 Å². The second kappa shape index (κ2) is 2.84. The van der Waals surface area contributed by atoms with Gasteiger partial charge in [0.05, 0.1) is 5.56 Å². The van der Waals surface area contributed by atoms with E-state index < -0.39 is 11.7 Å². The monoisotopic (exact) mass is 221 g/mol. The number of halogens is 4. The van der Waals surface area contributed by atoms with E-state index in [0.29, 0.717) is 0 Å². The molecule has 0 unspecified atom stereocenters. The van der Waals surface area contributed by atoms with Crippen LogP contribution in [-0.4, -0.2) is 14.6 Å². The Morgan fingerprint density at radius 1 is 1.29 bits per heavy atom. The molecule has 0 N–H and O–H groups in total. The van der Waals surface area contributed by atoms with Gasteiger partial charge in [-0.3, -0.25) is 0 Å². The smallest absolute Gasteiger partial charge is 0.219 e. The van der Waals surface area contributed by atoms with Crippen LogP contribution in [0.4, 0.5) is 13.2 Å². The van der Waals surface area contributed by atoms with Gasteiger partial charge in [-0.2, -0.15) is 18.2 Å². The molecule has 0 aliphatic carbocycles. The van der Waals surface area contributed by atoms with Crippen LogP contribution in [0, 0.1) is 0 Å². The highest BCUT2D eigenvalue weighted by Gasteiger charge is 2.31. The van der Waals surface area contributed by atoms with Gasteiger partial charge in [-0.1, -0.05) is 0 Å². The molecule has 0 atom stereocenters. The second-order valence-corrected chi connectivity index (χ2v) is 2.94. The van der Waals surface area contributed by atoms with Gasteiger partial charge in [-0.25, -0.2) is 4.52 Å². The van der Waals surface area contributed by atoms with E-state index in [4.69, 9.17) is 11.6 Å². The molecule has 3 nitrogen and oxygen atoms in total. The van der Waals surface area contributed by atoms with Gasteiger partial charge in [-0.15, -0.1) is 5.10 Å². The molecule has 2 heterocycles. The first kappa shape index (κ1) is 9.26. The summed E-state index contributed by atoms with van der Waals surface area (Å²) in [5.41, 5.74) is -0.505. The molecular formula is C7H3ClF3N3. The first-order valence-electron chi connectivity index (χ1n) is 3.56. The zero-order chi connectivity index (χ0) is 10.3. The Balaban J connectivity index is 2.62. The largest absolute Gasteiger partial charge is 0.417 e. The van der Waals surface area contributed by atoms with Crippen molar-refractivity contribution in [3.8, 4) is 0 Å². The minimum atomic E-state index is -4.38. The van der Waals surface area contributed by atoms with Crippen molar-refractivity contribution < 1.29 is 13.2 Å². The van der Waals surface area contributed by atoms with E-state index in [9.17, 15) is 13.2 Å². The zero-order valence-electron chi connectivity index (χ0n) is 6.59. The Kier molecular flexibility index (Phi) is 1.88. The van der Waals surface area contributed by atoms with Crippen LogP contribution in [0.3, 0.4) is 0 Å². The Morgan fingerprint density at radius 2 is 2.00 bits per heavy atom. The van der Waals surface area contributed by atoms with Gasteiger partial charge in [0, 0.05) is 6.20 Å². The molecule has 0 aliphatic rings. The number of fused-ring (bicyclic) bond motifs is 1. The molecule has 2 rings (SSSR count). The fraction of sp³-hybridized carbons (Fsp3) is 0.143. The zero-order valence-corrected chi connectivity index (χ0v) is 7.34. The number of nitrogens with zero attached hydrogens (tertiary/aromatic N) is 3. The molecule has 74 valence electrons. The van der Waals surface area contributed by atoms with Crippen LogP contribution in [0.25, 0.3) is 5.65 Å². The third kappa shape index (κ3) is 1.52. The Morgan fingerprint density at radius 3 is 2.64 bits per heavy atom. The SMILES string of the molecule is FC(F)(F)c1ccc2nc(Cl)nn2c1. The number of hydrogen-bond acceptors (Lipinski definition) is 2. The summed E-state index contributed by atoms with van der Waals surface area (Å²) in [5.74, 6) is 0. The lowest BCUT2D eigenvalue weighted by atomic mass is 10.3. The summed E-state index contributed by atoms with van der Waals surface area (Å²) >= 11 is 5.43. The fourth-order valence-corrected chi connectivity index (χ4v) is 1.19. The maximum absolute atomic E-state index is 12.2.